The minimum atomic E-state index is -0.836. The van der Waals surface area contributed by atoms with Crippen LogP contribution in [-0.2, 0) is 25.5 Å². The third-order valence-corrected chi connectivity index (χ3v) is 8.10. The minimum absolute atomic E-state index is 0.0646. The van der Waals surface area contributed by atoms with Crippen LogP contribution in [0.3, 0.4) is 0 Å². The van der Waals surface area contributed by atoms with Crippen molar-refractivity contribution in [2.45, 2.75) is 58.5 Å². The molecule has 0 aromatic heterocycles. The van der Waals surface area contributed by atoms with Gasteiger partial charge in [0.05, 0.1) is 6.04 Å². The first-order chi connectivity index (χ1) is 20.9. The summed E-state index contributed by atoms with van der Waals surface area (Å²) in [4.78, 5) is 28.8. The fraction of sp³-hybridized carbons (Fsp3) is 0.333. The normalized spacial score (nSPS) is 13.8. The molecule has 2 atom stereocenters. The van der Waals surface area contributed by atoms with Crippen molar-refractivity contribution in [3.63, 3.8) is 0 Å². The van der Waals surface area contributed by atoms with Crippen molar-refractivity contribution in [1.82, 2.24) is 10.2 Å². The van der Waals surface area contributed by atoms with Crippen molar-refractivity contribution in [2.24, 2.45) is 0 Å². The molecule has 4 aromatic rings. The standard InChI is InChI=1S/C36H40N2O5/c1-5-41-35(42-6-2)25(4)38(22-27-16-13-15-26-14-7-8-17-28(26)27)34(39)24(3)37-36(40)43-23-33-31-20-11-9-18-29(31)30-19-10-12-21-32(30)33/h7-21,24-25,33,35H,5-6,22-23H2,1-4H3,(H,37,40)/t24-,25-/m0/s1. The van der Waals surface area contributed by atoms with Gasteiger partial charge in [0, 0.05) is 25.7 Å². The molecular formula is C36H40N2O5. The number of alkyl carbamates (subject to hydrolysis) is 1. The Bertz CT molecular complexity index is 1510. The maximum atomic E-state index is 14.0. The third-order valence-electron chi connectivity index (χ3n) is 8.10. The number of amides is 2. The molecule has 1 aliphatic rings. The molecule has 43 heavy (non-hydrogen) atoms. The monoisotopic (exact) mass is 580 g/mol. The number of hydrogen-bond acceptors (Lipinski definition) is 5. The molecule has 1 N–H and O–H groups in total. The largest absolute Gasteiger partial charge is 0.449 e. The van der Waals surface area contributed by atoms with Gasteiger partial charge in [0.2, 0.25) is 5.91 Å². The lowest BCUT2D eigenvalue weighted by Gasteiger charge is -2.36. The average molecular weight is 581 g/mol. The number of nitrogens with one attached hydrogen (secondary N) is 1. The molecule has 0 saturated heterocycles. The van der Waals surface area contributed by atoms with Gasteiger partial charge in [-0.25, -0.2) is 4.79 Å². The number of ether oxygens (including phenoxy) is 3. The van der Waals surface area contributed by atoms with Crippen LogP contribution in [0.1, 0.15) is 50.3 Å². The summed E-state index contributed by atoms with van der Waals surface area (Å²) >= 11 is 0. The lowest BCUT2D eigenvalue weighted by Crippen LogP contribution is -2.53. The topological polar surface area (TPSA) is 77.1 Å². The Morgan fingerprint density at radius 2 is 1.37 bits per heavy atom. The first kappa shape index (κ1) is 30.3. The number of carbonyl (C=O) groups is 2. The zero-order chi connectivity index (χ0) is 30.3. The average Bonchev–Trinajstić information content (AvgIpc) is 3.35. The first-order valence-corrected chi connectivity index (χ1v) is 15.0. The number of benzene rings is 4. The summed E-state index contributed by atoms with van der Waals surface area (Å²) in [7, 11) is 0. The maximum absolute atomic E-state index is 14.0. The maximum Gasteiger partial charge on any atom is 0.407 e. The molecular weight excluding hydrogens is 540 g/mol. The number of rotatable bonds is 12. The molecule has 0 bridgehead atoms. The predicted molar refractivity (Wildman–Crippen MR) is 169 cm³/mol. The molecule has 224 valence electrons. The molecule has 5 rings (SSSR count). The van der Waals surface area contributed by atoms with E-state index < -0.39 is 24.5 Å². The summed E-state index contributed by atoms with van der Waals surface area (Å²) in [5, 5.41) is 4.94. The summed E-state index contributed by atoms with van der Waals surface area (Å²) in [6.45, 7) is 8.79. The fourth-order valence-corrected chi connectivity index (χ4v) is 5.97. The molecule has 1 aliphatic carbocycles. The van der Waals surface area contributed by atoms with Crippen molar-refractivity contribution < 1.29 is 23.8 Å². The Labute approximate surface area is 253 Å². The van der Waals surface area contributed by atoms with E-state index in [0.29, 0.717) is 19.8 Å². The molecule has 0 unspecified atom stereocenters. The second kappa shape index (κ2) is 13.8. The van der Waals surface area contributed by atoms with E-state index in [9.17, 15) is 9.59 Å². The molecule has 7 heteroatoms. The SMILES string of the molecule is CCOC(OCC)[C@H](C)N(Cc1cccc2ccccc12)C(=O)[C@H](C)NC(=O)OCC1c2ccccc2-c2ccccc21. The highest BCUT2D eigenvalue weighted by atomic mass is 16.7. The van der Waals surface area contributed by atoms with Gasteiger partial charge in [0.15, 0.2) is 6.29 Å². The molecule has 0 radical (unpaired) electrons. The number of hydrogen-bond donors (Lipinski definition) is 1. The van der Waals surface area contributed by atoms with E-state index >= 15 is 0 Å². The lowest BCUT2D eigenvalue weighted by atomic mass is 9.98. The van der Waals surface area contributed by atoms with E-state index in [1.54, 1.807) is 11.8 Å². The molecule has 0 saturated carbocycles. The summed E-state index contributed by atoms with van der Waals surface area (Å²) in [5.41, 5.74) is 5.58. The molecule has 0 aliphatic heterocycles. The zero-order valence-corrected chi connectivity index (χ0v) is 25.3. The van der Waals surface area contributed by atoms with Crippen molar-refractivity contribution in [2.75, 3.05) is 19.8 Å². The van der Waals surface area contributed by atoms with Gasteiger partial charge in [-0.1, -0.05) is 91.0 Å². The van der Waals surface area contributed by atoms with E-state index in [2.05, 4.69) is 47.8 Å². The van der Waals surface area contributed by atoms with Crippen LogP contribution < -0.4 is 5.32 Å². The van der Waals surface area contributed by atoms with Gasteiger partial charge in [0.25, 0.3) is 0 Å². The van der Waals surface area contributed by atoms with Crippen LogP contribution in [0.4, 0.5) is 4.79 Å². The van der Waals surface area contributed by atoms with E-state index in [1.807, 2.05) is 69.3 Å². The summed E-state index contributed by atoms with van der Waals surface area (Å²) in [6.07, 6.45) is -1.25. The first-order valence-electron chi connectivity index (χ1n) is 15.0. The van der Waals surface area contributed by atoms with Gasteiger partial charge in [-0.15, -0.1) is 0 Å². The third kappa shape index (κ3) is 6.58. The van der Waals surface area contributed by atoms with Gasteiger partial charge < -0.3 is 24.4 Å². The van der Waals surface area contributed by atoms with Gasteiger partial charge >= 0.3 is 6.09 Å². The Kier molecular flexibility index (Phi) is 9.75. The molecule has 0 spiro atoms. The Hall–Kier alpha value is -4.20. The molecule has 0 fully saturated rings. The van der Waals surface area contributed by atoms with Crippen LogP contribution in [0.5, 0.6) is 0 Å². The number of fused-ring (bicyclic) bond motifs is 4. The van der Waals surface area contributed by atoms with E-state index in [4.69, 9.17) is 14.2 Å². The summed E-state index contributed by atoms with van der Waals surface area (Å²) in [5.74, 6) is -0.316. The van der Waals surface area contributed by atoms with Crippen molar-refractivity contribution in [3.8, 4) is 11.1 Å². The van der Waals surface area contributed by atoms with E-state index in [1.165, 1.54) is 0 Å². The van der Waals surface area contributed by atoms with Crippen LogP contribution in [0.25, 0.3) is 21.9 Å². The van der Waals surface area contributed by atoms with Crippen molar-refractivity contribution >= 4 is 22.8 Å². The van der Waals surface area contributed by atoms with Gasteiger partial charge in [-0.3, -0.25) is 4.79 Å². The van der Waals surface area contributed by atoms with Crippen LogP contribution in [0.15, 0.2) is 91.0 Å². The van der Waals surface area contributed by atoms with Crippen molar-refractivity contribution in [3.05, 3.63) is 108 Å². The van der Waals surface area contributed by atoms with Gasteiger partial charge in [-0.05, 0) is 66.3 Å². The molecule has 2 amide bonds. The molecule has 7 nitrogen and oxygen atoms in total. The Morgan fingerprint density at radius 1 is 0.791 bits per heavy atom. The highest BCUT2D eigenvalue weighted by molar-refractivity contribution is 5.88. The van der Waals surface area contributed by atoms with Gasteiger partial charge in [-0.2, -0.15) is 0 Å². The van der Waals surface area contributed by atoms with Crippen LogP contribution in [0.2, 0.25) is 0 Å². The van der Waals surface area contributed by atoms with E-state index in [0.717, 1.165) is 38.6 Å². The second-order valence-electron chi connectivity index (χ2n) is 10.8. The molecule has 0 heterocycles. The number of nitrogens with zero attached hydrogens (tertiary/aromatic N) is 1. The second-order valence-corrected chi connectivity index (χ2v) is 10.8. The minimum Gasteiger partial charge on any atom is -0.449 e. The Balaban J connectivity index is 1.31. The van der Waals surface area contributed by atoms with Crippen LogP contribution in [0, 0.1) is 0 Å². The smallest absolute Gasteiger partial charge is 0.407 e. The Morgan fingerprint density at radius 3 is 2.02 bits per heavy atom. The summed E-state index contributed by atoms with van der Waals surface area (Å²) < 4.78 is 17.5. The highest BCUT2D eigenvalue weighted by Crippen LogP contribution is 2.44. The fourth-order valence-electron chi connectivity index (χ4n) is 5.97. The predicted octanol–water partition coefficient (Wildman–Crippen LogP) is 6.88. The summed E-state index contributed by atoms with van der Waals surface area (Å²) in [6, 6.07) is 29.3. The zero-order valence-electron chi connectivity index (χ0n) is 25.3. The van der Waals surface area contributed by atoms with Crippen LogP contribution >= 0.6 is 0 Å². The quantitative estimate of drug-likeness (QED) is 0.185. The van der Waals surface area contributed by atoms with Gasteiger partial charge in [0.1, 0.15) is 12.6 Å². The lowest BCUT2D eigenvalue weighted by molar-refractivity contribution is -0.179. The van der Waals surface area contributed by atoms with Crippen molar-refractivity contribution in [1.29, 1.82) is 0 Å². The molecule has 4 aromatic carbocycles. The van der Waals surface area contributed by atoms with E-state index in [-0.39, 0.29) is 18.4 Å². The number of carbonyl (C=O) groups excluding carboxylic acids is 2. The van der Waals surface area contributed by atoms with Crippen LogP contribution in [-0.4, -0.2) is 55.1 Å². The highest BCUT2D eigenvalue weighted by Gasteiger charge is 2.33.